The Labute approximate surface area is 253 Å². The number of aliphatic hydroxyl groups is 1. The van der Waals surface area contributed by atoms with E-state index in [-0.39, 0.29) is 35.2 Å². The molecule has 0 radical (unpaired) electrons. The van der Waals surface area contributed by atoms with Gasteiger partial charge in [-0.25, -0.2) is 8.42 Å². The van der Waals surface area contributed by atoms with Crippen LogP contribution < -0.4 is 20.3 Å². The molecule has 3 aromatic carbocycles. The summed E-state index contributed by atoms with van der Waals surface area (Å²) in [6.07, 6.45) is 2.94. The lowest BCUT2D eigenvalue weighted by Gasteiger charge is -2.29. The Morgan fingerprint density at radius 1 is 0.907 bits per heavy atom. The zero-order valence-electron chi connectivity index (χ0n) is 24.4. The second-order valence-electron chi connectivity index (χ2n) is 11.5. The van der Waals surface area contributed by atoms with E-state index in [1.165, 1.54) is 22.5 Å². The van der Waals surface area contributed by atoms with Gasteiger partial charge in [-0.05, 0) is 68.4 Å². The number of sulfonamides is 1. The fourth-order valence-corrected chi connectivity index (χ4v) is 6.94. The van der Waals surface area contributed by atoms with E-state index in [9.17, 15) is 23.1 Å². The fourth-order valence-electron chi connectivity index (χ4n) is 5.32. The lowest BCUT2D eigenvalue weighted by atomic mass is 10.00. The van der Waals surface area contributed by atoms with Gasteiger partial charge in [0.2, 0.25) is 10.0 Å². The SMILES string of the molecule is C[C@@H](NC(=O)c1cc(C(=O)N[C@@H](Cc2ccccc2)[C@H](O)CNC2CC2)cc(N2CCCCS2(=O)=O)c1)c1ccccc1. The molecule has 5 rings (SSSR count). The van der Waals surface area contributed by atoms with Gasteiger partial charge in [-0.1, -0.05) is 60.7 Å². The normalized spacial score (nSPS) is 18.3. The molecule has 1 heterocycles. The number of hydrogen-bond donors (Lipinski definition) is 4. The van der Waals surface area contributed by atoms with E-state index >= 15 is 0 Å². The molecule has 1 aliphatic heterocycles. The van der Waals surface area contributed by atoms with E-state index in [0.717, 1.165) is 24.0 Å². The van der Waals surface area contributed by atoms with E-state index < -0.39 is 34.0 Å². The Bertz CT molecular complexity index is 1510. The zero-order valence-corrected chi connectivity index (χ0v) is 25.2. The van der Waals surface area contributed by atoms with E-state index in [0.29, 0.717) is 31.8 Å². The Kier molecular flexibility index (Phi) is 9.79. The van der Waals surface area contributed by atoms with Gasteiger partial charge in [-0.2, -0.15) is 0 Å². The molecule has 228 valence electrons. The standard InChI is InChI=1S/C33H40N4O5S/c1-23(25-12-6-3-7-13-25)35-32(39)26-19-27(21-29(20-26)37-16-8-9-17-43(37,41)42)33(40)36-30(18-24-10-4-2-5-11-24)31(38)22-34-28-14-15-28/h2-7,10-13,19-21,23,28,30-31,34,38H,8-9,14-18,22H2,1H3,(H,35,39)(H,36,40)/t23-,30+,31-/m1/s1. The third kappa shape index (κ3) is 8.22. The molecule has 0 aromatic heterocycles. The molecule has 4 N–H and O–H groups in total. The number of carbonyl (C=O) groups is 2. The third-order valence-electron chi connectivity index (χ3n) is 8.00. The first kappa shape index (κ1) is 30.7. The minimum Gasteiger partial charge on any atom is -0.390 e. The monoisotopic (exact) mass is 604 g/mol. The van der Waals surface area contributed by atoms with Crippen LogP contribution in [0.25, 0.3) is 0 Å². The molecule has 1 saturated heterocycles. The fraction of sp³-hybridized carbons (Fsp3) is 0.394. The summed E-state index contributed by atoms with van der Waals surface area (Å²) in [4.78, 5) is 27.2. The summed E-state index contributed by atoms with van der Waals surface area (Å²) in [5.41, 5.74) is 2.49. The van der Waals surface area contributed by atoms with Gasteiger partial charge in [0, 0.05) is 30.3 Å². The summed E-state index contributed by atoms with van der Waals surface area (Å²) in [5.74, 6) is -0.904. The largest absolute Gasteiger partial charge is 0.390 e. The second kappa shape index (κ2) is 13.7. The van der Waals surface area contributed by atoms with Crippen LogP contribution in [-0.2, 0) is 16.4 Å². The first-order chi connectivity index (χ1) is 20.7. The number of carbonyl (C=O) groups excluding carboxylic acids is 2. The maximum Gasteiger partial charge on any atom is 0.251 e. The van der Waals surface area contributed by atoms with Crippen molar-refractivity contribution in [3.8, 4) is 0 Å². The van der Waals surface area contributed by atoms with Gasteiger partial charge in [0.25, 0.3) is 11.8 Å². The first-order valence-corrected chi connectivity index (χ1v) is 16.6. The summed E-state index contributed by atoms with van der Waals surface area (Å²) < 4.78 is 27.3. The number of nitrogens with one attached hydrogen (secondary N) is 3. The van der Waals surface area contributed by atoms with Crippen molar-refractivity contribution in [2.75, 3.05) is 23.1 Å². The highest BCUT2D eigenvalue weighted by Gasteiger charge is 2.30. The zero-order chi connectivity index (χ0) is 30.4. The molecule has 1 saturated carbocycles. The van der Waals surface area contributed by atoms with Crippen molar-refractivity contribution >= 4 is 27.5 Å². The van der Waals surface area contributed by atoms with Crippen molar-refractivity contribution in [1.29, 1.82) is 0 Å². The van der Waals surface area contributed by atoms with Gasteiger partial charge >= 0.3 is 0 Å². The molecule has 0 spiro atoms. The Morgan fingerprint density at radius 3 is 2.16 bits per heavy atom. The van der Waals surface area contributed by atoms with E-state index in [4.69, 9.17) is 0 Å². The topological polar surface area (TPSA) is 128 Å². The highest BCUT2D eigenvalue weighted by Crippen LogP contribution is 2.27. The van der Waals surface area contributed by atoms with Crippen LogP contribution >= 0.6 is 0 Å². The van der Waals surface area contributed by atoms with Crippen LogP contribution in [0.3, 0.4) is 0 Å². The van der Waals surface area contributed by atoms with Crippen LogP contribution in [0.15, 0.2) is 78.9 Å². The number of rotatable bonds is 12. The van der Waals surface area contributed by atoms with Gasteiger partial charge in [0.05, 0.1) is 29.6 Å². The van der Waals surface area contributed by atoms with Crippen molar-refractivity contribution in [2.24, 2.45) is 0 Å². The number of aliphatic hydroxyl groups excluding tert-OH is 1. The smallest absolute Gasteiger partial charge is 0.251 e. The molecule has 0 unspecified atom stereocenters. The molecule has 10 heteroatoms. The van der Waals surface area contributed by atoms with E-state index in [1.807, 2.05) is 67.6 Å². The summed E-state index contributed by atoms with van der Waals surface area (Å²) in [6, 6.07) is 23.1. The van der Waals surface area contributed by atoms with Gasteiger partial charge in [-0.3, -0.25) is 13.9 Å². The highest BCUT2D eigenvalue weighted by atomic mass is 32.2. The highest BCUT2D eigenvalue weighted by molar-refractivity contribution is 7.92. The predicted octanol–water partition coefficient (Wildman–Crippen LogP) is 3.56. The molecule has 2 aliphatic rings. The summed E-state index contributed by atoms with van der Waals surface area (Å²) in [6.45, 7) is 2.47. The summed E-state index contributed by atoms with van der Waals surface area (Å²) in [5, 5.41) is 20.4. The van der Waals surface area contributed by atoms with Crippen LogP contribution in [0.2, 0.25) is 0 Å². The lowest BCUT2D eigenvalue weighted by molar-refractivity contribution is 0.0830. The van der Waals surface area contributed by atoms with Gasteiger partial charge in [-0.15, -0.1) is 0 Å². The molecule has 2 fully saturated rings. The summed E-state index contributed by atoms with van der Waals surface area (Å²) >= 11 is 0. The lowest BCUT2D eigenvalue weighted by Crippen LogP contribution is -2.49. The van der Waals surface area contributed by atoms with Gasteiger partial charge in [0.1, 0.15) is 0 Å². The molecule has 0 bridgehead atoms. The van der Waals surface area contributed by atoms with Crippen molar-refractivity contribution < 1.29 is 23.1 Å². The van der Waals surface area contributed by atoms with Crippen molar-refractivity contribution in [2.45, 2.75) is 63.3 Å². The molecule has 3 aromatic rings. The van der Waals surface area contributed by atoms with Crippen LogP contribution in [0.5, 0.6) is 0 Å². The average molecular weight is 605 g/mol. The van der Waals surface area contributed by atoms with Gasteiger partial charge < -0.3 is 21.1 Å². The van der Waals surface area contributed by atoms with Crippen LogP contribution in [0, 0.1) is 0 Å². The number of anilines is 1. The van der Waals surface area contributed by atoms with Gasteiger partial charge in [0.15, 0.2) is 0 Å². The Balaban J connectivity index is 1.43. The third-order valence-corrected chi connectivity index (χ3v) is 9.87. The second-order valence-corrected chi connectivity index (χ2v) is 13.5. The van der Waals surface area contributed by atoms with Crippen LogP contribution in [-0.4, -0.2) is 62.4 Å². The Morgan fingerprint density at radius 2 is 1.53 bits per heavy atom. The number of amides is 2. The molecule has 43 heavy (non-hydrogen) atoms. The number of hydrogen-bond acceptors (Lipinski definition) is 6. The number of nitrogens with zero attached hydrogens (tertiary/aromatic N) is 1. The molecule has 1 aliphatic carbocycles. The van der Waals surface area contributed by atoms with Crippen LogP contribution in [0.1, 0.15) is 70.5 Å². The minimum absolute atomic E-state index is 0.00926. The molecular weight excluding hydrogens is 564 g/mol. The predicted molar refractivity (Wildman–Crippen MR) is 168 cm³/mol. The minimum atomic E-state index is -3.59. The maximum atomic E-state index is 13.8. The van der Waals surface area contributed by atoms with Crippen LogP contribution in [0.4, 0.5) is 5.69 Å². The molecule has 2 amide bonds. The maximum absolute atomic E-state index is 13.8. The van der Waals surface area contributed by atoms with Crippen molar-refractivity contribution in [3.63, 3.8) is 0 Å². The first-order valence-electron chi connectivity index (χ1n) is 15.0. The summed E-state index contributed by atoms with van der Waals surface area (Å²) in [7, 11) is -3.59. The molecular formula is C33H40N4O5S. The van der Waals surface area contributed by atoms with E-state index in [2.05, 4.69) is 16.0 Å². The van der Waals surface area contributed by atoms with E-state index in [1.54, 1.807) is 0 Å². The van der Waals surface area contributed by atoms with Crippen molar-refractivity contribution in [1.82, 2.24) is 16.0 Å². The number of benzene rings is 3. The van der Waals surface area contributed by atoms with Crippen molar-refractivity contribution in [3.05, 3.63) is 101 Å². The average Bonchev–Trinajstić information content (AvgIpc) is 3.84. The molecule has 9 nitrogen and oxygen atoms in total. The molecule has 3 atom stereocenters. The Hall–Kier alpha value is -3.73. The quantitative estimate of drug-likeness (QED) is 0.250.